The molecule has 0 spiro atoms. The normalized spacial score (nSPS) is 15.5. The molecule has 1 aromatic carbocycles. The maximum Gasteiger partial charge on any atom is 0.220 e. The number of carbonyl (C=O) groups excluding carboxylic acids is 1. The molecule has 112 valence electrons. The molecule has 20 heavy (non-hydrogen) atoms. The minimum atomic E-state index is -0.623. The number of carbonyl (C=O) groups is 1. The zero-order chi connectivity index (χ0) is 13.7. The average molecular weight is 305 g/mol. The lowest BCUT2D eigenvalue weighted by molar-refractivity contribution is -0.122. The van der Waals surface area contributed by atoms with Crippen LogP contribution in [0.2, 0.25) is 0 Å². The van der Waals surface area contributed by atoms with Crippen molar-refractivity contribution < 1.29 is 13.6 Å². The van der Waals surface area contributed by atoms with Crippen molar-refractivity contribution in [2.24, 2.45) is 5.92 Å². The van der Waals surface area contributed by atoms with Crippen molar-refractivity contribution in [3.8, 4) is 0 Å². The Bertz CT molecular complexity index is 451. The van der Waals surface area contributed by atoms with Crippen molar-refractivity contribution in [1.82, 2.24) is 10.6 Å². The highest BCUT2D eigenvalue weighted by Gasteiger charge is 2.16. The summed E-state index contributed by atoms with van der Waals surface area (Å²) in [4.78, 5) is 11.7. The van der Waals surface area contributed by atoms with Crippen LogP contribution in [-0.2, 0) is 11.3 Å². The summed E-state index contributed by atoms with van der Waals surface area (Å²) in [7, 11) is 0. The zero-order valence-corrected chi connectivity index (χ0v) is 11.9. The molecule has 2 N–H and O–H groups in total. The molecule has 2 rings (SSSR count). The van der Waals surface area contributed by atoms with Gasteiger partial charge < -0.3 is 10.6 Å². The Hall–Kier alpha value is -1.20. The highest BCUT2D eigenvalue weighted by molar-refractivity contribution is 5.85. The molecular formula is C14H19ClF2N2O. The molecule has 0 unspecified atom stereocenters. The van der Waals surface area contributed by atoms with Crippen molar-refractivity contribution in [1.29, 1.82) is 0 Å². The van der Waals surface area contributed by atoms with Crippen LogP contribution >= 0.6 is 12.4 Å². The summed E-state index contributed by atoms with van der Waals surface area (Å²) >= 11 is 0. The van der Waals surface area contributed by atoms with E-state index in [2.05, 4.69) is 10.6 Å². The van der Waals surface area contributed by atoms with Gasteiger partial charge in [-0.25, -0.2) is 8.78 Å². The first-order valence-corrected chi connectivity index (χ1v) is 6.56. The third-order valence-electron chi connectivity index (χ3n) is 3.42. The van der Waals surface area contributed by atoms with Gasteiger partial charge in [-0.05, 0) is 37.9 Å². The van der Waals surface area contributed by atoms with E-state index in [9.17, 15) is 13.6 Å². The van der Waals surface area contributed by atoms with Crippen molar-refractivity contribution in [3.63, 3.8) is 0 Å². The number of rotatable bonds is 4. The summed E-state index contributed by atoms with van der Waals surface area (Å²) in [6.45, 7) is 2.00. The third-order valence-corrected chi connectivity index (χ3v) is 3.42. The predicted molar refractivity (Wildman–Crippen MR) is 75.7 cm³/mol. The molecule has 0 bridgehead atoms. The Morgan fingerprint density at radius 2 is 2.00 bits per heavy atom. The number of benzene rings is 1. The molecule has 0 atom stereocenters. The van der Waals surface area contributed by atoms with E-state index < -0.39 is 11.6 Å². The number of nitrogens with one attached hydrogen (secondary N) is 2. The number of piperidine rings is 1. The number of halogens is 3. The SMILES string of the molecule is Cl.O=C(CC1CCNCC1)NCc1ccc(F)cc1F. The van der Waals surface area contributed by atoms with E-state index in [1.165, 1.54) is 12.1 Å². The van der Waals surface area contributed by atoms with Gasteiger partial charge in [0.1, 0.15) is 11.6 Å². The fourth-order valence-electron chi connectivity index (χ4n) is 2.28. The van der Waals surface area contributed by atoms with Gasteiger partial charge in [-0.2, -0.15) is 0 Å². The Balaban J connectivity index is 0.00000200. The van der Waals surface area contributed by atoms with E-state index in [0.29, 0.717) is 17.9 Å². The van der Waals surface area contributed by atoms with Gasteiger partial charge in [0.2, 0.25) is 5.91 Å². The molecule has 0 aliphatic carbocycles. The Labute approximate surface area is 123 Å². The Morgan fingerprint density at radius 3 is 2.65 bits per heavy atom. The second kappa shape index (κ2) is 8.17. The van der Waals surface area contributed by atoms with Crippen molar-refractivity contribution in [2.75, 3.05) is 13.1 Å². The number of amides is 1. The first-order valence-electron chi connectivity index (χ1n) is 6.56. The maximum absolute atomic E-state index is 13.4. The maximum atomic E-state index is 13.4. The third kappa shape index (κ3) is 5.06. The summed E-state index contributed by atoms with van der Waals surface area (Å²) in [6, 6.07) is 3.38. The number of hydrogen-bond donors (Lipinski definition) is 2. The van der Waals surface area contributed by atoms with E-state index in [-0.39, 0.29) is 24.9 Å². The highest BCUT2D eigenvalue weighted by atomic mass is 35.5. The molecule has 3 nitrogen and oxygen atoms in total. The molecular weight excluding hydrogens is 286 g/mol. The summed E-state index contributed by atoms with van der Waals surface area (Å²) in [5, 5.41) is 5.93. The van der Waals surface area contributed by atoms with E-state index in [1.807, 2.05) is 0 Å². The van der Waals surface area contributed by atoms with E-state index in [1.54, 1.807) is 0 Å². The quantitative estimate of drug-likeness (QED) is 0.897. The van der Waals surface area contributed by atoms with E-state index >= 15 is 0 Å². The monoisotopic (exact) mass is 304 g/mol. The van der Waals surface area contributed by atoms with Crippen LogP contribution in [0, 0.1) is 17.6 Å². The lowest BCUT2D eigenvalue weighted by Crippen LogP contribution is -2.32. The van der Waals surface area contributed by atoms with Gasteiger partial charge in [-0.3, -0.25) is 4.79 Å². The molecule has 0 saturated carbocycles. The highest BCUT2D eigenvalue weighted by Crippen LogP contribution is 2.16. The van der Waals surface area contributed by atoms with E-state index in [4.69, 9.17) is 0 Å². The zero-order valence-electron chi connectivity index (χ0n) is 11.1. The average Bonchev–Trinajstić information content (AvgIpc) is 2.39. The fourth-order valence-corrected chi connectivity index (χ4v) is 2.28. The standard InChI is InChI=1S/C14H18F2N2O.ClH/c15-12-2-1-11(13(16)8-12)9-18-14(19)7-10-3-5-17-6-4-10;/h1-2,8,10,17H,3-7,9H2,(H,18,19);1H. The second-order valence-electron chi connectivity index (χ2n) is 4.91. The van der Waals surface area contributed by atoms with Crippen LogP contribution in [0.1, 0.15) is 24.8 Å². The molecule has 1 fully saturated rings. The van der Waals surface area contributed by atoms with Crippen LogP contribution in [-0.4, -0.2) is 19.0 Å². The van der Waals surface area contributed by atoms with Gasteiger partial charge in [-0.15, -0.1) is 12.4 Å². The largest absolute Gasteiger partial charge is 0.352 e. The van der Waals surface area contributed by atoms with Crippen molar-refractivity contribution >= 4 is 18.3 Å². The van der Waals surface area contributed by atoms with Gasteiger partial charge in [0.25, 0.3) is 0 Å². The Morgan fingerprint density at radius 1 is 1.30 bits per heavy atom. The summed E-state index contributed by atoms with van der Waals surface area (Å²) in [5.41, 5.74) is 0.306. The van der Waals surface area contributed by atoms with Crippen molar-refractivity contribution in [2.45, 2.75) is 25.8 Å². The van der Waals surface area contributed by atoms with Gasteiger partial charge in [0.05, 0.1) is 0 Å². The molecule has 1 aliphatic rings. The number of hydrogen-bond acceptors (Lipinski definition) is 2. The first kappa shape index (κ1) is 16.9. The molecule has 6 heteroatoms. The van der Waals surface area contributed by atoms with Crippen molar-refractivity contribution in [3.05, 3.63) is 35.4 Å². The molecule has 0 aromatic heterocycles. The summed E-state index contributed by atoms with van der Waals surface area (Å²) in [6.07, 6.45) is 2.47. The molecule has 1 aliphatic heterocycles. The van der Waals surface area contributed by atoms with Crippen LogP contribution in [0.4, 0.5) is 8.78 Å². The summed E-state index contributed by atoms with van der Waals surface area (Å²) in [5.74, 6) is -0.903. The lowest BCUT2D eigenvalue weighted by Gasteiger charge is -2.21. The second-order valence-corrected chi connectivity index (χ2v) is 4.91. The van der Waals surface area contributed by atoms with Crippen LogP contribution in [0.3, 0.4) is 0 Å². The Kier molecular flexibility index (Phi) is 6.88. The molecule has 0 radical (unpaired) electrons. The smallest absolute Gasteiger partial charge is 0.220 e. The van der Waals surface area contributed by atoms with Gasteiger partial charge in [0, 0.05) is 24.6 Å². The van der Waals surface area contributed by atoms with Crippen LogP contribution in [0.5, 0.6) is 0 Å². The fraction of sp³-hybridized carbons (Fsp3) is 0.500. The van der Waals surface area contributed by atoms with Gasteiger partial charge >= 0.3 is 0 Å². The molecule has 1 heterocycles. The van der Waals surface area contributed by atoms with E-state index in [0.717, 1.165) is 32.0 Å². The minimum Gasteiger partial charge on any atom is -0.352 e. The lowest BCUT2D eigenvalue weighted by atomic mass is 9.94. The first-order chi connectivity index (χ1) is 9.15. The van der Waals surface area contributed by atoms with Crippen LogP contribution in [0.25, 0.3) is 0 Å². The predicted octanol–water partition coefficient (Wildman–Crippen LogP) is 2.39. The molecule has 1 amide bonds. The molecule has 1 saturated heterocycles. The van der Waals surface area contributed by atoms with Gasteiger partial charge in [0.15, 0.2) is 0 Å². The minimum absolute atomic E-state index is 0. The van der Waals surface area contributed by atoms with Crippen LogP contribution in [0.15, 0.2) is 18.2 Å². The summed E-state index contributed by atoms with van der Waals surface area (Å²) < 4.78 is 26.1. The van der Waals surface area contributed by atoms with Gasteiger partial charge in [-0.1, -0.05) is 6.07 Å². The van der Waals surface area contributed by atoms with Crippen LogP contribution < -0.4 is 10.6 Å². The molecule has 1 aromatic rings. The topological polar surface area (TPSA) is 41.1 Å².